The van der Waals surface area contributed by atoms with Crippen LogP contribution >= 0.6 is 0 Å². The lowest BCUT2D eigenvalue weighted by atomic mass is 9.87. The molecule has 5 nitrogen and oxygen atoms in total. The lowest BCUT2D eigenvalue weighted by Crippen LogP contribution is -2.47. The van der Waals surface area contributed by atoms with Gasteiger partial charge in [-0.3, -0.25) is 9.69 Å². The molecule has 0 aliphatic carbocycles. The molecule has 0 saturated carbocycles. The third-order valence-electron chi connectivity index (χ3n) is 5.72. The molecule has 30 heavy (non-hydrogen) atoms. The molecule has 4 rings (SSSR count). The fourth-order valence-electron chi connectivity index (χ4n) is 3.79. The molecule has 1 saturated heterocycles. The Morgan fingerprint density at radius 3 is 2.37 bits per heavy atom. The highest BCUT2D eigenvalue weighted by molar-refractivity contribution is 5.91. The molecule has 1 fully saturated rings. The maximum Gasteiger partial charge on any atom is 0.246 e. The largest absolute Gasteiger partial charge is 0.454 e. The van der Waals surface area contributed by atoms with E-state index in [2.05, 4.69) is 56.0 Å². The molecule has 2 aliphatic rings. The van der Waals surface area contributed by atoms with Gasteiger partial charge in [-0.1, -0.05) is 51.1 Å². The Labute approximate surface area is 178 Å². The van der Waals surface area contributed by atoms with E-state index >= 15 is 0 Å². The van der Waals surface area contributed by atoms with E-state index in [0.29, 0.717) is 6.79 Å². The summed E-state index contributed by atoms with van der Waals surface area (Å²) >= 11 is 0. The van der Waals surface area contributed by atoms with Crippen molar-refractivity contribution >= 4 is 12.0 Å². The molecule has 0 unspecified atom stereocenters. The zero-order valence-corrected chi connectivity index (χ0v) is 18.1. The lowest BCUT2D eigenvalue weighted by Gasteiger charge is -2.34. The average Bonchev–Trinajstić information content (AvgIpc) is 3.20. The van der Waals surface area contributed by atoms with E-state index < -0.39 is 0 Å². The minimum absolute atomic E-state index is 0.0811. The quantitative estimate of drug-likeness (QED) is 0.718. The van der Waals surface area contributed by atoms with E-state index in [9.17, 15) is 4.79 Å². The zero-order chi connectivity index (χ0) is 21.1. The molecule has 0 N–H and O–H groups in total. The van der Waals surface area contributed by atoms with Gasteiger partial charge in [0.1, 0.15) is 0 Å². The Balaban J connectivity index is 1.27. The van der Waals surface area contributed by atoms with Crippen molar-refractivity contribution in [2.75, 3.05) is 33.0 Å². The van der Waals surface area contributed by atoms with Gasteiger partial charge in [-0.15, -0.1) is 0 Å². The molecule has 2 heterocycles. The number of rotatable bonds is 4. The van der Waals surface area contributed by atoms with Gasteiger partial charge in [0.05, 0.1) is 0 Å². The number of hydrogen-bond donors (Lipinski definition) is 0. The SMILES string of the molecule is CC(C)(C)c1ccc(/C=C/C(=O)N2CCN(Cc3ccc4c(c3)OCO4)CC2)cc1. The second-order valence-corrected chi connectivity index (χ2v) is 8.99. The van der Waals surface area contributed by atoms with E-state index in [-0.39, 0.29) is 11.3 Å². The first-order chi connectivity index (χ1) is 14.4. The maximum absolute atomic E-state index is 12.6. The van der Waals surface area contributed by atoms with Gasteiger partial charge in [0, 0.05) is 38.8 Å². The van der Waals surface area contributed by atoms with Crippen LogP contribution in [-0.4, -0.2) is 48.7 Å². The lowest BCUT2D eigenvalue weighted by molar-refractivity contribution is -0.127. The van der Waals surface area contributed by atoms with Crippen LogP contribution in [0.25, 0.3) is 6.08 Å². The van der Waals surface area contributed by atoms with Crippen LogP contribution in [0, 0.1) is 0 Å². The van der Waals surface area contributed by atoms with E-state index in [1.807, 2.05) is 23.1 Å². The molecule has 0 bridgehead atoms. The average molecular weight is 407 g/mol. The molecule has 0 radical (unpaired) electrons. The molecule has 0 spiro atoms. The van der Waals surface area contributed by atoms with Crippen molar-refractivity contribution in [3.8, 4) is 11.5 Å². The molecule has 1 amide bonds. The minimum Gasteiger partial charge on any atom is -0.454 e. The van der Waals surface area contributed by atoms with Crippen molar-refractivity contribution in [2.24, 2.45) is 0 Å². The van der Waals surface area contributed by atoms with Crippen molar-refractivity contribution in [2.45, 2.75) is 32.7 Å². The summed E-state index contributed by atoms with van der Waals surface area (Å²) < 4.78 is 10.8. The Hall–Kier alpha value is -2.79. The molecule has 0 aromatic heterocycles. The number of nitrogens with zero attached hydrogens (tertiary/aromatic N) is 2. The topological polar surface area (TPSA) is 42.0 Å². The molecule has 2 aliphatic heterocycles. The monoisotopic (exact) mass is 406 g/mol. The summed E-state index contributed by atoms with van der Waals surface area (Å²) in [6.07, 6.45) is 3.60. The second-order valence-electron chi connectivity index (χ2n) is 8.99. The highest BCUT2D eigenvalue weighted by Gasteiger charge is 2.21. The predicted octanol–water partition coefficient (Wildman–Crippen LogP) is 4.07. The van der Waals surface area contributed by atoms with Crippen LogP contribution in [0.3, 0.4) is 0 Å². The summed E-state index contributed by atoms with van der Waals surface area (Å²) in [5, 5.41) is 0. The number of fused-ring (bicyclic) bond motifs is 1. The van der Waals surface area contributed by atoms with E-state index in [1.165, 1.54) is 11.1 Å². The van der Waals surface area contributed by atoms with Crippen LogP contribution in [0.5, 0.6) is 11.5 Å². The van der Waals surface area contributed by atoms with Gasteiger partial charge in [0.25, 0.3) is 0 Å². The van der Waals surface area contributed by atoms with Crippen LogP contribution in [-0.2, 0) is 16.8 Å². The fraction of sp³-hybridized carbons (Fsp3) is 0.400. The van der Waals surface area contributed by atoms with E-state index in [0.717, 1.165) is 49.8 Å². The first kappa shape index (κ1) is 20.5. The molecule has 2 aromatic rings. The second kappa shape index (κ2) is 8.52. The Bertz CT molecular complexity index is 920. The van der Waals surface area contributed by atoms with Crippen LogP contribution in [0.2, 0.25) is 0 Å². The Kier molecular flexibility index (Phi) is 5.82. The summed E-state index contributed by atoms with van der Waals surface area (Å²) in [5.41, 5.74) is 3.69. The molecule has 0 atom stereocenters. The van der Waals surface area contributed by atoms with Crippen LogP contribution in [0.15, 0.2) is 48.5 Å². The number of carbonyl (C=O) groups excluding carboxylic acids is 1. The van der Waals surface area contributed by atoms with Gasteiger partial charge < -0.3 is 14.4 Å². The van der Waals surface area contributed by atoms with Gasteiger partial charge in [0.15, 0.2) is 11.5 Å². The van der Waals surface area contributed by atoms with Gasteiger partial charge in [-0.2, -0.15) is 0 Å². The standard InChI is InChI=1S/C25H30N2O3/c1-25(2,3)21-8-4-19(5-9-21)7-11-24(28)27-14-12-26(13-15-27)17-20-6-10-22-23(16-20)30-18-29-22/h4-11,16H,12-15,17-18H2,1-3H3/b11-7+. The number of benzene rings is 2. The summed E-state index contributed by atoms with van der Waals surface area (Å²) in [4.78, 5) is 16.9. The van der Waals surface area contributed by atoms with Gasteiger partial charge in [-0.05, 0) is 40.3 Å². The third kappa shape index (κ3) is 4.85. The molecular formula is C25H30N2O3. The van der Waals surface area contributed by atoms with Gasteiger partial charge in [0.2, 0.25) is 12.7 Å². The van der Waals surface area contributed by atoms with Crippen molar-refractivity contribution < 1.29 is 14.3 Å². The Morgan fingerprint density at radius 2 is 1.67 bits per heavy atom. The van der Waals surface area contributed by atoms with Crippen LogP contribution in [0.1, 0.15) is 37.5 Å². The molecule has 5 heteroatoms. The summed E-state index contributed by atoms with van der Waals surface area (Å²) in [6.45, 7) is 11.0. The van der Waals surface area contributed by atoms with E-state index in [1.54, 1.807) is 6.08 Å². The predicted molar refractivity (Wildman–Crippen MR) is 119 cm³/mol. The molecular weight excluding hydrogens is 376 g/mol. The zero-order valence-electron chi connectivity index (χ0n) is 18.1. The minimum atomic E-state index is 0.0811. The highest BCUT2D eigenvalue weighted by atomic mass is 16.7. The van der Waals surface area contributed by atoms with Crippen LogP contribution < -0.4 is 9.47 Å². The number of ether oxygens (including phenoxy) is 2. The normalized spacial score (nSPS) is 17.0. The first-order valence-corrected chi connectivity index (χ1v) is 10.6. The van der Waals surface area contributed by atoms with E-state index in [4.69, 9.17) is 9.47 Å². The third-order valence-corrected chi connectivity index (χ3v) is 5.72. The molecule has 2 aromatic carbocycles. The van der Waals surface area contributed by atoms with Crippen molar-refractivity contribution in [3.05, 3.63) is 65.2 Å². The van der Waals surface area contributed by atoms with Gasteiger partial charge in [-0.25, -0.2) is 0 Å². The highest BCUT2D eigenvalue weighted by Crippen LogP contribution is 2.32. The summed E-state index contributed by atoms with van der Waals surface area (Å²) in [7, 11) is 0. The number of piperazine rings is 1. The number of hydrogen-bond acceptors (Lipinski definition) is 4. The van der Waals surface area contributed by atoms with Crippen molar-refractivity contribution in [1.82, 2.24) is 9.80 Å². The van der Waals surface area contributed by atoms with Crippen LogP contribution in [0.4, 0.5) is 0 Å². The first-order valence-electron chi connectivity index (χ1n) is 10.6. The smallest absolute Gasteiger partial charge is 0.246 e. The number of carbonyl (C=O) groups is 1. The summed E-state index contributed by atoms with van der Waals surface area (Å²) in [5.74, 6) is 1.72. The Morgan fingerprint density at radius 1 is 0.967 bits per heavy atom. The maximum atomic E-state index is 12.6. The van der Waals surface area contributed by atoms with Gasteiger partial charge >= 0.3 is 0 Å². The fourth-order valence-corrected chi connectivity index (χ4v) is 3.79. The number of amides is 1. The van der Waals surface area contributed by atoms with Crippen molar-refractivity contribution in [3.63, 3.8) is 0 Å². The van der Waals surface area contributed by atoms with Crippen molar-refractivity contribution in [1.29, 1.82) is 0 Å². The summed E-state index contributed by atoms with van der Waals surface area (Å²) in [6, 6.07) is 14.5. The molecule has 158 valence electrons.